The Hall–Kier alpha value is -1.31. The van der Waals surface area contributed by atoms with Gasteiger partial charge in [0.25, 0.3) is 0 Å². The smallest absolute Gasteiger partial charge is 0.181 e. The van der Waals surface area contributed by atoms with Gasteiger partial charge in [-0.2, -0.15) is 0 Å². The van der Waals surface area contributed by atoms with Gasteiger partial charge in [0.2, 0.25) is 0 Å². The minimum atomic E-state index is 0.944. The Morgan fingerprint density at radius 2 is 2.33 bits per heavy atom. The Balaban J connectivity index is 2.57. The second-order valence-electron chi connectivity index (χ2n) is 2.87. The van der Waals surface area contributed by atoms with Crippen LogP contribution in [0.5, 0.6) is 0 Å². The molecule has 0 unspecified atom stereocenters. The zero-order valence-corrected chi connectivity index (χ0v) is 7.08. The quantitative estimate of drug-likeness (QED) is 0.676. The summed E-state index contributed by atoms with van der Waals surface area (Å²) in [7, 11) is 0. The van der Waals surface area contributed by atoms with Crippen LogP contribution in [0.25, 0.3) is 11.1 Å². The van der Waals surface area contributed by atoms with Gasteiger partial charge in [0.1, 0.15) is 5.52 Å². The third kappa shape index (κ3) is 1.09. The van der Waals surface area contributed by atoms with Gasteiger partial charge in [-0.3, -0.25) is 0 Å². The van der Waals surface area contributed by atoms with Crippen molar-refractivity contribution in [3.8, 4) is 0 Å². The highest BCUT2D eigenvalue weighted by molar-refractivity contribution is 5.75. The number of hydrogen-bond donors (Lipinski definition) is 0. The van der Waals surface area contributed by atoms with Gasteiger partial charge in [-0.1, -0.05) is 25.5 Å². The van der Waals surface area contributed by atoms with E-state index in [2.05, 4.69) is 18.0 Å². The van der Waals surface area contributed by atoms with E-state index in [0.717, 1.165) is 23.9 Å². The van der Waals surface area contributed by atoms with E-state index in [9.17, 15) is 0 Å². The lowest BCUT2D eigenvalue weighted by Crippen LogP contribution is -1.82. The van der Waals surface area contributed by atoms with Crippen molar-refractivity contribution in [2.24, 2.45) is 0 Å². The summed E-state index contributed by atoms with van der Waals surface area (Å²) in [6.07, 6.45) is 3.70. The Morgan fingerprint density at radius 3 is 3.17 bits per heavy atom. The molecule has 1 aromatic heterocycles. The molecule has 0 aliphatic carbocycles. The standard InChI is InChI=1S/C10H11NO/c1-2-4-8-5-3-6-9-10(8)12-7-11-9/h3,5-7H,2,4H2,1H3. The highest BCUT2D eigenvalue weighted by Crippen LogP contribution is 2.18. The van der Waals surface area contributed by atoms with Crippen molar-refractivity contribution >= 4 is 11.1 Å². The summed E-state index contributed by atoms with van der Waals surface area (Å²) in [6, 6.07) is 6.09. The number of hydrogen-bond acceptors (Lipinski definition) is 2. The van der Waals surface area contributed by atoms with Crippen LogP contribution in [0.2, 0.25) is 0 Å². The molecule has 2 rings (SSSR count). The first kappa shape index (κ1) is 7.35. The van der Waals surface area contributed by atoms with Gasteiger partial charge in [0.05, 0.1) is 0 Å². The minimum absolute atomic E-state index is 0.944. The van der Waals surface area contributed by atoms with Crippen molar-refractivity contribution in [3.63, 3.8) is 0 Å². The predicted octanol–water partition coefficient (Wildman–Crippen LogP) is 2.78. The van der Waals surface area contributed by atoms with E-state index in [0.29, 0.717) is 0 Å². The summed E-state index contributed by atoms with van der Waals surface area (Å²) in [6.45, 7) is 2.16. The molecule has 1 heterocycles. The minimum Gasteiger partial charge on any atom is -0.443 e. The van der Waals surface area contributed by atoms with Crippen molar-refractivity contribution in [1.29, 1.82) is 0 Å². The lowest BCUT2D eigenvalue weighted by molar-refractivity contribution is 0.597. The fourth-order valence-corrected chi connectivity index (χ4v) is 1.41. The van der Waals surface area contributed by atoms with Crippen molar-refractivity contribution < 1.29 is 4.42 Å². The van der Waals surface area contributed by atoms with E-state index in [1.54, 1.807) is 0 Å². The van der Waals surface area contributed by atoms with Crippen LogP contribution in [0, 0.1) is 0 Å². The predicted molar refractivity (Wildman–Crippen MR) is 48.0 cm³/mol. The number of fused-ring (bicyclic) bond motifs is 1. The van der Waals surface area contributed by atoms with Crippen molar-refractivity contribution in [2.75, 3.05) is 0 Å². The van der Waals surface area contributed by atoms with Gasteiger partial charge in [-0.05, 0) is 18.1 Å². The van der Waals surface area contributed by atoms with Crippen LogP contribution in [0.4, 0.5) is 0 Å². The molecule has 12 heavy (non-hydrogen) atoms. The number of aryl methyl sites for hydroxylation is 1. The van der Waals surface area contributed by atoms with Crippen LogP contribution in [0.1, 0.15) is 18.9 Å². The Morgan fingerprint density at radius 1 is 1.42 bits per heavy atom. The first-order chi connectivity index (χ1) is 5.92. The molecule has 0 radical (unpaired) electrons. The van der Waals surface area contributed by atoms with Gasteiger partial charge < -0.3 is 4.42 Å². The second kappa shape index (κ2) is 2.97. The third-order valence-electron chi connectivity index (χ3n) is 1.96. The molecule has 0 saturated heterocycles. The highest BCUT2D eigenvalue weighted by Gasteiger charge is 2.02. The molecule has 0 aliphatic rings. The molecule has 62 valence electrons. The average Bonchev–Trinajstić information content (AvgIpc) is 2.53. The van der Waals surface area contributed by atoms with Crippen molar-refractivity contribution in [1.82, 2.24) is 4.98 Å². The van der Waals surface area contributed by atoms with Crippen LogP contribution in [0.3, 0.4) is 0 Å². The van der Waals surface area contributed by atoms with Crippen molar-refractivity contribution in [2.45, 2.75) is 19.8 Å². The Labute approximate surface area is 71.2 Å². The van der Waals surface area contributed by atoms with Gasteiger partial charge in [0, 0.05) is 0 Å². The van der Waals surface area contributed by atoms with Crippen LogP contribution >= 0.6 is 0 Å². The molecule has 1 aromatic carbocycles. The fraction of sp³-hybridized carbons (Fsp3) is 0.300. The highest BCUT2D eigenvalue weighted by atomic mass is 16.3. The zero-order valence-electron chi connectivity index (χ0n) is 7.08. The normalized spacial score (nSPS) is 10.8. The summed E-state index contributed by atoms with van der Waals surface area (Å²) in [5.74, 6) is 0. The number of oxazole rings is 1. The van der Waals surface area contributed by atoms with Crippen LogP contribution in [-0.4, -0.2) is 4.98 Å². The second-order valence-corrected chi connectivity index (χ2v) is 2.87. The average molecular weight is 161 g/mol. The molecule has 0 N–H and O–H groups in total. The molecule has 0 spiro atoms. The zero-order chi connectivity index (χ0) is 8.39. The summed E-state index contributed by atoms with van der Waals surface area (Å²) < 4.78 is 5.29. The van der Waals surface area contributed by atoms with Gasteiger partial charge >= 0.3 is 0 Å². The molecule has 0 atom stereocenters. The van der Waals surface area contributed by atoms with Gasteiger partial charge in [0.15, 0.2) is 12.0 Å². The van der Waals surface area contributed by atoms with Gasteiger partial charge in [-0.15, -0.1) is 0 Å². The molecule has 0 saturated carbocycles. The number of para-hydroxylation sites is 1. The molecule has 0 bridgehead atoms. The molecular formula is C10H11NO. The lowest BCUT2D eigenvalue weighted by atomic mass is 10.1. The van der Waals surface area contributed by atoms with Gasteiger partial charge in [-0.25, -0.2) is 4.98 Å². The summed E-state index contributed by atoms with van der Waals surface area (Å²) >= 11 is 0. The van der Waals surface area contributed by atoms with Crippen LogP contribution in [-0.2, 0) is 6.42 Å². The Kier molecular flexibility index (Phi) is 1.82. The number of benzene rings is 1. The summed E-state index contributed by atoms with van der Waals surface area (Å²) in [5.41, 5.74) is 3.16. The number of nitrogens with zero attached hydrogens (tertiary/aromatic N) is 1. The monoisotopic (exact) mass is 161 g/mol. The first-order valence-corrected chi connectivity index (χ1v) is 4.23. The third-order valence-corrected chi connectivity index (χ3v) is 1.96. The molecule has 2 aromatic rings. The molecule has 0 amide bonds. The summed E-state index contributed by atoms with van der Waals surface area (Å²) in [5, 5.41) is 0. The topological polar surface area (TPSA) is 26.0 Å². The number of rotatable bonds is 2. The molecular weight excluding hydrogens is 150 g/mol. The maximum atomic E-state index is 5.29. The van der Waals surface area contributed by atoms with E-state index in [1.165, 1.54) is 12.0 Å². The largest absolute Gasteiger partial charge is 0.443 e. The van der Waals surface area contributed by atoms with Crippen LogP contribution in [0.15, 0.2) is 29.0 Å². The van der Waals surface area contributed by atoms with E-state index in [1.807, 2.05) is 12.1 Å². The molecule has 2 heteroatoms. The maximum Gasteiger partial charge on any atom is 0.181 e. The molecule has 2 nitrogen and oxygen atoms in total. The molecule has 0 aliphatic heterocycles. The van der Waals surface area contributed by atoms with E-state index >= 15 is 0 Å². The Bertz CT molecular complexity index is 378. The van der Waals surface area contributed by atoms with E-state index < -0.39 is 0 Å². The lowest BCUT2D eigenvalue weighted by Gasteiger charge is -1.96. The van der Waals surface area contributed by atoms with Crippen LogP contribution < -0.4 is 0 Å². The maximum absolute atomic E-state index is 5.29. The number of aromatic nitrogens is 1. The SMILES string of the molecule is CCCc1cccc2ncoc12. The fourth-order valence-electron chi connectivity index (χ4n) is 1.41. The first-order valence-electron chi connectivity index (χ1n) is 4.23. The molecule has 0 fully saturated rings. The van der Waals surface area contributed by atoms with Crippen molar-refractivity contribution in [3.05, 3.63) is 30.2 Å². The summed E-state index contributed by atoms with van der Waals surface area (Å²) in [4.78, 5) is 4.09. The van der Waals surface area contributed by atoms with E-state index in [-0.39, 0.29) is 0 Å². The van der Waals surface area contributed by atoms with E-state index in [4.69, 9.17) is 4.42 Å².